The third-order valence-corrected chi connectivity index (χ3v) is 5.42. The van der Waals surface area contributed by atoms with Crippen molar-refractivity contribution in [3.63, 3.8) is 0 Å². The molecule has 1 heterocycles. The van der Waals surface area contributed by atoms with Crippen LogP contribution in [0.4, 0.5) is 4.39 Å². The third-order valence-electron chi connectivity index (χ3n) is 5.42. The van der Waals surface area contributed by atoms with Crippen LogP contribution in [0, 0.1) is 0 Å². The van der Waals surface area contributed by atoms with E-state index in [0.717, 1.165) is 41.8 Å². The Kier molecular flexibility index (Phi) is 9.01. The zero-order chi connectivity index (χ0) is 21.9. The molecule has 0 N–H and O–H groups in total. The molecule has 0 saturated heterocycles. The van der Waals surface area contributed by atoms with Gasteiger partial charge in [0.15, 0.2) is 5.82 Å². The average molecular weight is 421 g/mol. The largest absolute Gasteiger partial charge is 0.491 e. The maximum absolute atomic E-state index is 13.7. The first kappa shape index (κ1) is 22.9. The number of unbranched alkanes of at least 4 members (excludes halogenated alkanes) is 3. The molecule has 1 aromatic heterocycles. The second-order valence-electron chi connectivity index (χ2n) is 8.02. The molecule has 0 aliphatic rings. The Bertz CT molecular complexity index is 892. The molecule has 0 aliphatic heterocycles. The highest BCUT2D eigenvalue weighted by Crippen LogP contribution is 2.24. The summed E-state index contributed by atoms with van der Waals surface area (Å²) < 4.78 is 19.3. The number of hydrogen-bond acceptors (Lipinski definition) is 3. The van der Waals surface area contributed by atoms with E-state index in [4.69, 9.17) is 4.74 Å². The second kappa shape index (κ2) is 12.2. The van der Waals surface area contributed by atoms with Crippen LogP contribution in [-0.2, 0) is 6.42 Å². The summed E-state index contributed by atoms with van der Waals surface area (Å²) in [4.78, 5) is 9.10. The molecule has 0 saturated carbocycles. The molecule has 31 heavy (non-hydrogen) atoms. The van der Waals surface area contributed by atoms with Crippen LogP contribution >= 0.6 is 0 Å². The normalized spacial score (nSPS) is 12.0. The lowest BCUT2D eigenvalue weighted by Crippen LogP contribution is -2.12. The maximum atomic E-state index is 13.7. The number of ether oxygens (including phenoxy) is 1. The van der Waals surface area contributed by atoms with Crippen LogP contribution in [0.3, 0.4) is 0 Å². The summed E-state index contributed by atoms with van der Waals surface area (Å²) in [6, 6.07) is 16.2. The van der Waals surface area contributed by atoms with Crippen LogP contribution in [0.25, 0.3) is 22.5 Å². The van der Waals surface area contributed by atoms with Gasteiger partial charge in [-0.1, -0.05) is 75.9 Å². The predicted octanol–water partition coefficient (Wildman–Crippen LogP) is 7.45. The SMILES string of the molecule is CCCCCc1ccc(-c2ncc(-c3ccc(OCC(F)CCCC)cc3)cn2)cc1. The van der Waals surface area contributed by atoms with Crippen molar-refractivity contribution in [3.05, 3.63) is 66.5 Å². The molecule has 1 unspecified atom stereocenters. The van der Waals surface area contributed by atoms with Crippen LogP contribution in [0.2, 0.25) is 0 Å². The van der Waals surface area contributed by atoms with Gasteiger partial charge in [-0.3, -0.25) is 0 Å². The molecule has 0 bridgehead atoms. The smallest absolute Gasteiger partial charge is 0.159 e. The molecular weight excluding hydrogens is 387 g/mol. The molecule has 3 aromatic rings. The molecule has 3 nitrogen and oxygen atoms in total. The maximum Gasteiger partial charge on any atom is 0.159 e. The Labute approximate surface area is 185 Å². The molecule has 164 valence electrons. The molecule has 0 spiro atoms. The lowest BCUT2D eigenvalue weighted by Gasteiger charge is -2.10. The third kappa shape index (κ3) is 7.16. The van der Waals surface area contributed by atoms with Gasteiger partial charge in [0, 0.05) is 23.5 Å². The Morgan fingerprint density at radius 1 is 0.774 bits per heavy atom. The number of aryl methyl sites for hydroxylation is 1. The van der Waals surface area contributed by atoms with Gasteiger partial charge < -0.3 is 4.74 Å². The first-order valence-electron chi connectivity index (χ1n) is 11.5. The Morgan fingerprint density at radius 2 is 1.42 bits per heavy atom. The first-order chi connectivity index (χ1) is 15.2. The summed E-state index contributed by atoms with van der Waals surface area (Å²) in [5, 5.41) is 0. The molecule has 0 radical (unpaired) electrons. The van der Waals surface area contributed by atoms with E-state index in [1.165, 1.54) is 24.8 Å². The molecule has 2 aromatic carbocycles. The molecule has 1 atom stereocenters. The number of alkyl halides is 1. The van der Waals surface area contributed by atoms with Crippen LogP contribution in [0.1, 0.15) is 57.9 Å². The van der Waals surface area contributed by atoms with Crippen LogP contribution < -0.4 is 4.74 Å². The van der Waals surface area contributed by atoms with E-state index in [1.807, 2.05) is 36.7 Å². The minimum Gasteiger partial charge on any atom is -0.491 e. The molecule has 0 aliphatic carbocycles. The summed E-state index contributed by atoms with van der Waals surface area (Å²) in [5.41, 5.74) is 4.34. The summed E-state index contributed by atoms with van der Waals surface area (Å²) in [6.45, 7) is 4.39. The van der Waals surface area contributed by atoms with Crippen molar-refractivity contribution in [2.24, 2.45) is 0 Å². The van der Waals surface area contributed by atoms with E-state index < -0.39 is 6.17 Å². The monoisotopic (exact) mass is 420 g/mol. The molecule has 4 heteroatoms. The molecule has 0 fully saturated rings. The van der Waals surface area contributed by atoms with Crippen molar-refractivity contribution in [1.82, 2.24) is 9.97 Å². The first-order valence-corrected chi connectivity index (χ1v) is 11.5. The predicted molar refractivity (Wildman–Crippen MR) is 126 cm³/mol. The van der Waals surface area contributed by atoms with Gasteiger partial charge in [0.1, 0.15) is 18.5 Å². The fraction of sp³-hybridized carbons (Fsp3) is 0.407. The standard InChI is InChI=1S/C27H33FN2O/c1-3-5-7-8-21-10-12-23(13-11-21)27-29-18-24(19-30-27)22-14-16-26(17-15-22)31-20-25(28)9-6-4-2/h10-19,25H,3-9,20H2,1-2H3. The van der Waals surface area contributed by atoms with Gasteiger partial charge in [0.2, 0.25) is 0 Å². The lowest BCUT2D eigenvalue weighted by molar-refractivity contribution is 0.184. The number of benzene rings is 2. The highest BCUT2D eigenvalue weighted by molar-refractivity contribution is 5.64. The van der Waals surface area contributed by atoms with Gasteiger partial charge in [-0.2, -0.15) is 0 Å². The van der Waals surface area contributed by atoms with E-state index in [-0.39, 0.29) is 6.61 Å². The highest BCUT2D eigenvalue weighted by Gasteiger charge is 2.08. The van der Waals surface area contributed by atoms with Crippen molar-refractivity contribution in [2.45, 2.75) is 65.0 Å². The van der Waals surface area contributed by atoms with Gasteiger partial charge >= 0.3 is 0 Å². The van der Waals surface area contributed by atoms with E-state index in [9.17, 15) is 4.39 Å². The summed E-state index contributed by atoms with van der Waals surface area (Å²) in [7, 11) is 0. The van der Waals surface area contributed by atoms with Gasteiger partial charge in [-0.15, -0.1) is 0 Å². The number of hydrogen-bond donors (Lipinski definition) is 0. The Balaban J connectivity index is 1.57. The molecule has 3 rings (SSSR count). The van der Waals surface area contributed by atoms with Crippen molar-refractivity contribution in [3.8, 4) is 28.3 Å². The number of rotatable bonds is 12. The lowest BCUT2D eigenvalue weighted by atomic mass is 10.0. The van der Waals surface area contributed by atoms with Crippen molar-refractivity contribution in [1.29, 1.82) is 0 Å². The van der Waals surface area contributed by atoms with Gasteiger partial charge in [-0.25, -0.2) is 14.4 Å². The van der Waals surface area contributed by atoms with E-state index in [2.05, 4.69) is 48.1 Å². The second-order valence-corrected chi connectivity index (χ2v) is 8.02. The van der Waals surface area contributed by atoms with E-state index in [1.54, 1.807) is 0 Å². The van der Waals surface area contributed by atoms with Gasteiger partial charge in [0.25, 0.3) is 0 Å². The zero-order valence-corrected chi connectivity index (χ0v) is 18.7. The van der Waals surface area contributed by atoms with Crippen molar-refractivity contribution in [2.75, 3.05) is 6.61 Å². The molecule has 0 amide bonds. The van der Waals surface area contributed by atoms with Gasteiger partial charge in [-0.05, 0) is 42.5 Å². The topological polar surface area (TPSA) is 35.0 Å². The minimum absolute atomic E-state index is 0.106. The van der Waals surface area contributed by atoms with Crippen LogP contribution in [0.15, 0.2) is 60.9 Å². The Hall–Kier alpha value is -2.75. The van der Waals surface area contributed by atoms with E-state index >= 15 is 0 Å². The van der Waals surface area contributed by atoms with E-state index in [0.29, 0.717) is 12.2 Å². The fourth-order valence-electron chi connectivity index (χ4n) is 3.46. The minimum atomic E-state index is -0.911. The Morgan fingerprint density at radius 3 is 2.06 bits per heavy atom. The fourth-order valence-corrected chi connectivity index (χ4v) is 3.46. The number of nitrogens with zero attached hydrogens (tertiary/aromatic N) is 2. The van der Waals surface area contributed by atoms with Crippen molar-refractivity contribution < 1.29 is 9.13 Å². The van der Waals surface area contributed by atoms with Crippen molar-refractivity contribution >= 4 is 0 Å². The number of aromatic nitrogens is 2. The van der Waals surface area contributed by atoms with Gasteiger partial charge in [0.05, 0.1) is 0 Å². The average Bonchev–Trinajstić information content (AvgIpc) is 2.82. The van der Waals surface area contributed by atoms with Crippen LogP contribution in [-0.4, -0.2) is 22.7 Å². The summed E-state index contributed by atoms with van der Waals surface area (Å²) in [6.07, 6.45) is 10.1. The summed E-state index contributed by atoms with van der Waals surface area (Å²) in [5.74, 6) is 1.41. The number of halogens is 1. The quantitative estimate of drug-likeness (QED) is 0.285. The zero-order valence-electron chi connectivity index (χ0n) is 18.7. The van der Waals surface area contributed by atoms with Crippen LogP contribution in [0.5, 0.6) is 5.75 Å². The highest BCUT2D eigenvalue weighted by atomic mass is 19.1. The molecular formula is C27H33FN2O. The summed E-state index contributed by atoms with van der Waals surface area (Å²) >= 11 is 0.